The number of amides is 1. The van der Waals surface area contributed by atoms with E-state index >= 15 is 0 Å². The van der Waals surface area contributed by atoms with Crippen LogP contribution in [0.15, 0.2) is 16.3 Å². The van der Waals surface area contributed by atoms with E-state index in [-0.39, 0.29) is 16.7 Å². The van der Waals surface area contributed by atoms with Gasteiger partial charge >= 0.3 is 0 Å². The van der Waals surface area contributed by atoms with Crippen molar-refractivity contribution in [3.8, 4) is 0 Å². The van der Waals surface area contributed by atoms with E-state index in [2.05, 4.69) is 10.2 Å². The third-order valence-electron chi connectivity index (χ3n) is 4.25. The molecule has 0 aliphatic carbocycles. The second-order valence-corrected chi connectivity index (χ2v) is 10.3. The zero-order valence-corrected chi connectivity index (χ0v) is 16.9. The molecule has 1 aromatic heterocycles. The molecule has 0 radical (unpaired) electrons. The van der Waals surface area contributed by atoms with Gasteiger partial charge < -0.3 is 10.2 Å². The van der Waals surface area contributed by atoms with Gasteiger partial charge in [-0.15, -0.1) is 11.3 Å². The molecule has 0 saturated carbocycles. The minimum absolute atomic E-state index is 0.147. The molecule has 1 aromatic rings. The van der Waals surface area contributed by atoms with Gasteiger partial charge in [0.25, 0.3) is 10.0 Å². The first-order chi connectivity index (χ1) is 11.9. The maximum atomic E-state index is 12.3. The predicted octanol–water partition coefficient (Wildman–Crippen LogP) is 2.40. The van der Waals surface area contributed by atoms with Crippen molar-refractivity contribution in [2.24, 2.45) is 0 Å². The van der Waals surface area contributed by atoms with Crippen LogP contribution in [0.25, 0.3) is 0 Å². The fourth-order valence-electron chi connectivity index (χ4n) is 2.82. The molecule has 2 rings (SSSR count). The van der Waals surface area contributed by atoms with Crippen LogP contribution >= 0.6 is 22.9 Å². The van der Waals surface area contributed by atoms with Crippen molar-refractivity contribution >= 4 is 38.9 Å². The zero-order valence-electron chi connectivity index (χ0n) is 14.5. The topological polar surface area (TPSA) is 69.7 Å². The highest BCUT2D eigenvalue weighted by atomic mass is 35.5. The molecule has 1 fully saturated rings. The van der Waals surface area contributed by atoms with Crippen molar-refractivity contribution in [2.45, 2.75) is 36.3 Å². The summed E-state index contributed by atoms with van der Waals surface area (Å²) >= 11 is 6.78. The molecule has 0 atom stereocenters. The van der Waals surface area contributed by atoms with Crippen LogP contribution in [0.1, 0.15) is 32.1 Å². The summed E-state index contributed by atoms with van der Waals surface area (Å²) < 4.78 is 26.3. The average molecular weight is 408 g/mol. The molecule has 0 unspecified atom stereocenters. The molecule has 2 heterocycles. The Morgan fingerprint density at radius 2 is 1.96 bits per heavy atom. The van der Waals surface area contributed by atoms with Crippen molar-refractivity contribution in [1.29, 1.82) is 0 Å². The fraction of sp³-hybridized carbons (Fsp3) is 0.688. The first-order valence-electron chi connectivity index (χ1n) is 8.60. The average Bonchev–Trinajstić information content (AvgIpc) is 2.85. The number of thiophene rings is 1. The summed E-state index contributed by atoms with van der Waals surface area (Å²) in [6, 6.07) is 2.99. The summed E-state index contributed by atoms with van der Waals surface area (Å²) in [5.41, 5.74) is 0. The Bertz CT molecular complexity index is 655. The Morgan fingerprint density at radius 3 is 2.56 bits per heavy atom. The van der Waals surface area contributed by atoms with Gasteiger partial charge in [0, 0.05) is 13.6 Å². The van der Waals surface area contributed by atoms with Crippen LogP contribution in [0.3, 0.4) is 0 Å². The van der Waals surface area contributed by atoms with Crippen LogP contribution in [0.5, 0.6) is 0 Å². The van der Waals surface area contributed by atoms with Crippen molar-refractivity contribution < 1.29 is 13.2 Å². The van der Waals surface area contributed by atoms with Gasteiger partial charge in [-0.1, -0.05) is 24.4 Å². The third kappa shape index (κ3) is 6.53. The number of carbonyl (C=O) groups excluding carboxylic acids is 1. The van der Waals surface area contributed by atoms with Gasteiger partial charge in [-0.05, 0) is 51.0 Å². The van der Waals surface area contributed by atoms with Crippen LogP contribution in [0, 0.1) is 0 Å². The fourth-order valence-corrected chi connectivity index (χ4v) is 5.64. The highest BCUT2D eigenvalue weighted by molar-refractivity contribution is 7.91. The Kier molecular flexibility index (Phi) is 8.15. The number of rotatable bonds is 8. The lowest BCUT2D eigenvalue weighted by molar-refractivity contribution is -0.121. The number of sulfonamides is 1. The number of likely N-dealkylation sites (tertiary alicyclic amines) is 1. The number of carbonyl (C=O) groups is 1. The molecule has 0 spiro atoms. The van der Waals surface area contributed by atoms with E-state index in [0.29, 0.717) is 10.9 Å². The van der Waals surface area contributed by atoms with Crippen molar-refractivity contribution in [3.63, 3.8) is 0 Å². The predicted molar refractivity (Wildman–Crippen MR) is 102 cm³/mol. The van der Waals surface area contributed by atoms with Gasteiger partial charge in [0.2, 0.25) is 5.91 Å². The van der Waals surface area contributed by atoms with Crippen molar-refractivity contribution in [1.82, 2.24) is 14.5 Å². The van der Waals surface area contributed by atoms with Gasteiger partial charge in [0.15, 0.2) is 0 Å². The van der Waals surface area contributed by atoms with Crippen LogP contribution in [0.4, 0.5) is 0 Å². The molecule has 1 amide bonds. The van der Waals surface area contributed by atoms with E-state index in [1.54, 1.807) is 0 Å². The summed E-state index contributed by atoms with van der Waals surface area (Å²) in [5, 5.41) is 2.80. The molecule has 142 valence electrons. The Hall–Kier alpha value is -0.670. The second-order valence-electron chi connectivity index (χ2n) is 6.28. The van der Waals surface area contributed by atoms with E-state index in [1.165, 1.54) is 44.9 Å². The minimum Gasteiger partial charge on any atom is -0.355 e. The Morgan fingerprint density at radius 1 is 1.28 bits per heavy atom. The van der Waals surface area contributed by atoms with Gasteiger partial charge in [-0.2, -0.15) is 4.31 Å². The molecular weight excluding hydrogens is 382 g/mol. The van der Waals surface area contributed by atoms with Crippen LogP contribution < -0.4 is 5.32 Å². The molecule has 6 nitrogen and oxygen atoms in total. The first kappa shape index (κ1) is 20.6. The number of likely N-dealkylation sites (N-methyl/N-ethyl adjacent to an activating group) is 1. The molecule has 25 heavy (non-hydrogen) atoms. The van der Waals surface area contributed by atoms with Gasteiger partial charge in [0.1, 0.15) is 4.21 Å². The molecule has 1 aliphatic rings. The number of nitrogens with zero attached hydrogens (tertiary/aromatic N) is 2. The van der Waals surface area contributed by atoms with E-state index in [0.717, 1.165) is 41.7 Å². The number of hydrogen-bond donors (Lipinski definition) is 1. The second kappa shape index (κ2) is 9.87. The smallest absolute Gasteiger partial charge is 0.252 e. The summed E-state index contributed by atoms with van der Waals surface area (Å²) in [5.74, 6) is -0.287. The largest absolute Gasteiger partial charge is 0.355 e. The number of nitrogens with one attached hydrogen (secondary N) is 1. The molecule has 0 aromatic carbocycles. The van der Waals surface area contributed by atoms with Crippen LogP contribution in [0.2, 0.25) is 4.34 Å². The van der Waals surface area contributed by atoms with Gasteiger partial charge in [-0.3, -0.25) is 4.79 Å². The van der Waals surface area contributed by atoms with Crippen molar-refractivity contribution in [3.05, 3.63) is 16.5 Å². The van der Waals surface area contributed by atoms with E-state index in [9.17, 15) is 13.2 Å². The van der Waals surface area contributed by atoms with Crippen LogP contribution in [-0.2, 0) is 14.8 Å². The number of hydrogen-bond acceptors (Lipinski definition) is 5. The first-order valence-corrected chi connectivity index (χ1v) is 11.2. The maximum Gasteiger partial charge on any atom is 0.252 e. The molecule has 1 aliphatic heterocycles. The Labute approximate surface area is 159 Å². The molecule has 9 heteroatoms. The molecule has 1 saturated heterocycles. The lowest BCUT2D eigenvalue weighted by Gasteiger charge is -2.20. The summed E-state index contributed by atoms with van der Waals surface area (Å²) in [7, 11) is -2.26. The highest BCUT2D eigenvalue weighted by Gasteiger charge is 2.24. The summed E-state index contributed by atoms with van der Waals surface area (Å²) in [6.45, 7) is 3.62. The van der Waals surface area contributed by atoms with E-state index < -0.39 is 10.0 Å². The summed E-state index contributed by atoms with van der Waals surface area (Å²) in [4.78, 5) is 14.4. The molecule has 1 N–H and O–H groups in total. The van der Waals surface area contributed by atoms with Gasteiger partial charge in [0.05, 0.1) is 10.9 Å². The monoisotopic (exact) mass is 407 g/mol. The zero-order chi connectivity index (χ0) is 18.3. The normalized spacial score (nSPS) is 16.8. The summed E-state index contributed by atoms with van der Waals surface area (Å²) in [6.07, 6.45) is 6.00. The number of halogens is 1. The van der Waals surface area contributed by atoms with Gasteiger partial charge in [-0.25, -0.2) is 8.42 Å². The Balaban J connectivity index is 1.70. The highest BCUT2D eigenvalue weighted by Crippen LogP contribution is 2.27. The molecular formula is C16H26ClN3O3S2. The van der Waals surface area contributed by atoms with Crippen molar-refractivity contribution in [2.75, 3.05) is 39.8 Å². The lowest BCUT2D eigenvalue weighted by Crippen LogP contribution is -2.39. The lowest BCUT2D eigenvalue weighted by atomic mass is 10.2. The van der Waals surface area contributed by atoms with Crippen LogP contribution in [-0.4, -0.2) is 63.3 Å². The third-order valence-corrected chi connectivity index (χ3v) is 7.75. The minimum atomic E-state index is -3.67. The maximum absolute atomic E-state index is 12.3. The van der Waals surface area contributed by atoms with E-state index in [1.807, 2.05) is 0 Å². The standard InChI is InChI=1S/C16H26ClN3O3S2/c1-19(25(22,23)16-8-7-14(17)24-16)13-15(21)18-9-6-12-20-10-4-2-3-5-11-20/h7-8H,2-6,9-13H2,1H3,(H,18,21). The SMILES string of the molecule is CN(CC(=O)NCCCN1CCCCCC1)S(=O)(=O)c1ccc(Cl)s1. The van der Waals surface area contributed by atoms with E-state index in [4.69, 9.17) is 11.6 Å². The molecule has 0 bridgehead atoms. The quantitative estimate of drug-likeness (QED) is 0.672.